The Bertz CT molecular complexity index is 220. The van der Waals surface area contributed by atoms with Crippen LogP contribution in [-0.4, -0.2) is 17.3 Å². The van der Waals surface area contributed by atoms with Gasteiger partial charge in [-0.1, -0.05) is 25.7 Å². The Morgan fingerprint density at radius 1 is 1.07 bits per heavy atom. The van der Waals surface area contributed by atoms with E-state index in [2.05, 4.69) is 5.32 Å². The highest BCUT2D eigenvalue weighted by molar-refractivity contribution is 6.31. The van der Waals surface area contributed by atoms with Crippen LogP contribution in [0.3, 0.4) is 0 Å². The van der Waals surface area contributed by atoms with Crippen LogP contribution in [-0.2, 0) is 4.79 Å². The van der Waals surface area contributed by atoms with Crippen LogP contribution >= 0.6 is 11.6 Å². The zero-order valence-corrected chi connectivity index (χ0v) is 9.93. The molecule has 0 bridgehead atoms. The molecule has 2 nitrogen and oxygen atoms in total. The predicted molar refractivity (Wildman–Crippen MR) is 62.0 cm³/mol. The zero-order valence-electron chi connectivity index (χ0n) is 9.18. The topological polar surface area (TPSA) is 29.1 Å². The van der Waals surface area contributed by atoms with Crippen molar-refractivity contribution in [2.24, 2.45) is 5.92 Å². The minimum absolute atomic E-state index is 0.0791. The third-order valence-corrected chi connectivity index (χ3v) is 4.32. The molecular formula is C12H20ClNO. The van der Waals surface area contributed by atoms with Gasteiger partial charge < -0.3 is 5.32 Å². The van der Waals surface area contributed by atoms with Gasteiger partial charge in [-0.3, -0.25) is 4.79 Å². The molecular weight excluding hydrogens is 210 g/mol. The van der Waals surface area contributed by atoms with E-state index < -0.39 is 0 Å². The molecule has 0 radical (unpaired) electrons. The molecule has 3 heteroatoms. The van der Waals surface area contributed by atoms with E-state index in [1.165, 1.54) is 25.7 Å². The number of rotatable bonds is 3. The van der Waals surface area contributed by atoms with Crippen molar-refractivity contribution in [2.45, 2.75) is 62.8 Å². The lowest BCUT2D eigenvalue weighted by atomic mass is 10.0. The molecule has 1 amide bonds. The van der Waals surface area contributed by atoms with Crippen LogP contribution in [0.5, 0.6) is 0 Å². The fourth-order valence-electron chi connectivity index (χ4n) is 2.82. The second-order valence-electron chi connectivity index (χ2n) is 4.94. The van der Waals surface area contributed by atoms with Crippen molar-refractivity contribution in [3.05, 3.63) is 0 Å². The molecule has 1 N–H and O–H groups in total. The monoisotopic (exact) mass is 229 g/mol. The van der Waals surface area contributed by atoms with Gasteiger partial charge in [-0.2, -0.15) is 0 Å². The van der Waals surface area contributed by atoms with Gasteiger partial charge >= 0.3 is 0 Å². The van der Waals surface area contributed by atoms with Crippen molar-refractivity contribution < 1.29 is 4.79 Å². The maximum absolute atomic E-state index is 11.8. The number of nitrogens with one attached hydrogen (secondary N) is 1. The van der Waals surface area contributed by atoms with E-state index >= 15 is 0 Å². The molecule has 2 aliphatic rings. The van der Waals surface area contributed by atoms with Crippen molar-refractivity contribution in [1.82, 2.24) is 5.32 Å². The third-order valence-electron chi connectivity index (χ3n) is 3.77. The first kappa shape index (κ1) is 11.3. The second kappa shape index (κ2) is 5.20. The Hall–Kier alpha value is -0.240. The Balaban J connectivity index is 1.78. The molecule has 0 spiro atoms. The quantitative estimate of drug-likeness (QED) is 0.741. The number of amides is 1. The molecule has 2 rings (SSSR count). The van der Waals surface area contributed by atoms with E-state index in [1.54, 1.807) is 0 Å². The van der Waals surface area contributed by atoms with Gasteiger partial charge in [0.1, 0.15) is 5.38 Å². The number of carbonyl (C=O) groups excluding carboxylic acids is 1. The van der Waals surface area contributed by atoms with E-state index in [-0.39, 0.29) is 11.3 Å². The molecule has 2 fully saturated rings. The minimum Gasteiger partial charge on any atom is -0.352 e. The molecule has 0 aromatic carbocycles. The molecule has 0 aliphatic heterocycles. The number of alkyl halides is 1. The lowest BCUT2D eigenvalue weighted by Crippen LogP contribution is -2.40. The Kier molecular flexibility index (Phi) is 3.90. The summed E-state index contributed by atoms with van der Waals surface area (Å²) in [7, 11) is 0. The first-order valence-corrected chi connectivity index (χ1v) is 6.65. The summed E-state index contributed by atoms with van der Waals surface area (Å²) in [6.07, 6.45) is 9.52. The van der Waals surface area contributed by atoms with E-state index in [0.29, 0.717) is 12.0 Å². The third kappa shape index (κ3) is 2.87. The molecule has 86 valence electrons. The summed E-state index contributed by atoms with van der Waals surface area (Å²) >= 11 is 6.20. The first-order chi connectivity index (χ1) is 7.27. The zero-order chi connectivity index (χ0) is 10.7. The van der Waals surface area contributed by atoms with E-state index in [4.69, 9.17) is 11.6 Å². The first-order valence-electron chi connectivity index (χ1n) is 6.22. The normalized spacial score (nSPS) is 25.7. The lowest BCUT2D eigenvalue weighted by Gasteiger charge is -2.19. The largest absolute Gasteiger partial charge is 0.352 e. The average Bonchev–Trinajstić information content (AvgIpc) is 2.88. The number of hydrogen-bond acceptors (Lipinski definition) is 1. The summed E-state index contributed by atoms with van der Waals surface area (Å²) in [5.41, 5.74) is 0. The van der Waals surface area contributed by atoms with Crippen LogP contribution in [0.25, 0.3) is 0 Å². The number of halogens is 1. The van der Waals surface area contributed by atoms with Gasteiger partial charge in [-0.25, -0.2) is 0 Å². The van der Waals surface area contributed by atoms with Crippen molar-refractivity contribution in [3.63, 3.8) is 0 Å². The molecule has 15 heavy (non-hydrogen) atoms. The van der Waals surface area contributed by atoms with Crippen LogP contribution in [0.4, 0.5) is 0 Å². The summed E-state index contributed by atoms with van der Waals surface area (Å²) in [6, 6.07) is 0.403. The van der Waals surface area contributed by atoms with E-state index in [1.807, 2.05) is 0 Å². The Labute approximate surface area is 96.8 Å². The summed E-state index contributed by atoms with van der Waals surface area (Å²) in [5, 5.41) is 2.80. The van der Waals surface area contributed by atoms with Gasteiger partial charge in [-0.15, -0.1) is 11.6 Å². The molecule has 1 atom stereocenters. The summed E-state index contributed by atoms with van der Waals surface area (Å²) in [4.78, 5) is 11.8. The number of hydrogen-bond donors (Lipinski definition) is 1. The van der Waals surface area contributed by atoms with Crippen LogP contribution in [0.15, 0.2) is 0 Å². The maximum Gasteiger partial charge on any atom is 0.238 e. The summed E-state index contributed by atoms with van der Waals surface area (Å²) in [6.45, 7) is 0. The molecule has 0 aromatic rings. The van der Waals surface area contributed by atoms with Crippen LogP contribution in [0.2, 0.25) is 0 Å². The van der Waals surface area contributed by atoms with E-state index in [0.717, 1.165) is 25.7 Å². The highest BCUT2D eigenvalue weighted by atomic mass is 35.5. The van der Waals surface area contributed by atoms with Crippen molar-refractivity contribution in [2.75, 3.05) is 0 Å². The minimum atomic E-state index is -0.284. The van der Waals surface area contributed by atoms with Gasteiger partial charge in [0.2, 0.25) is 5.91 Å². The highest BCUT2D eigenvalue weighted by Crippen LogP contribution is 2.31. The van der Waals surface area contributed by atoms with E-state index in [9.17, 15) is 4.79 Å². The van der Waals surface area contributed by atoms with Crippen molar-refractivity contribution >= 4 is 17.5 Å². The fraction of sp³-hybridized carbons (Fsp3) is 0.917. The van der Waals surface area contributed by atoms with Gasteiger partial charge in [0.05, 0.1) is 0 Å². The van der Waals surface area contributed by atoms with Crippen molar-refractivity contribution in [1.29, 1.82) is 0 Å². The number of carbonyl (C=O) groups is 1. The molecule has 0 saturated heterocycles. The second-order valence-corrected chi connectivity index (χ2v) is 5.41. The SMILES string of the molecule is O=C(NC1CCCC1)C(Cl)C1CCCC1. The van der Waals surface area contributed by atoms with Gasteiger partial charge in [-0.05, 0) is 31.6 Å². The van der Waals surface area contributed by atoms with Crippen LogP contribution < -0.4 is 5.32 Å². The maximum atomic E-state index is 11.8. The lowest BCUT2D eigenvalue weighted by molar-refractivity contribution is -0.122. The molecule has 0 aromatic heterocycles. The van der Waals surface area contributed by atoms with Gasteiger partial charge in [0, 0.05) is 6.04 Å². The Morgan fingerprint density at radius 3 is 2.20 bits per heavy atom. The fourth-order valence-corrected chi connectivity index (χ4v) is 3.13. The van der Waals surface area contributed by atoms with Crippen molar-refractivity contribution in [3.8, 4) is 0 Å². The summed E-state index contributed by atoms with van der Waals surface area (Å²) < 4.78 is 0. The highest BCUT2D eigenvalue weighted by Gasteiger charge is 2.30. The average molecular weight is 230 g/mol. The predicted octanol–water partition coefficient (Wildman–Crippen LogP) is 2.84. The smallest absolute Gasteiger partial charge is 0.238 e. The standard InChI is InChI=1S/C12H20ClNO/c13-11(9-5-1-2-6-9)12(15)14-10-7-3-4-8-10/h9-11H,1-8H2,(H,14,15). The molecule has 0 heterocycles. The molecule has 2 aliphatic carbocycles. The van der Waals surface area contributed by atoms with Gasteiger partial charge in [0.25, 0.3) is 0 Å². The molecule has 1 unspecified atom stereocenters. The Morgan fingerprint density at radius 2 is 1.60 bits per heavy atom. The van der Waals surface area contributed by atoms with Crippen LogP contribution in [0, 0.1) is 5.92 Å². The van der Waals surface area contributed by atoms with Crippen LogP contribution in [0.1, 0.15) is 51.4 Å². The molecule has 2 saturated carbocycles. The van der Waals surface area contributed by atoms with Gasteiger partial charge in [0.15, 0.2) is 0 Å². The summed E-state index contributed by atoms with van der Waals surface area (Å²) in [5.74, 6) is 0.503.